The van der Waals surface area contributed by atoms with E-state index in [9.17, 15) is 19.5 Å². The van der Waals surface area contributed by atoms with E-state index in [1.807, 2.05) is 44.2 Å². The highest BCUT2D eigenvalue weighted by molar-refractivity contribution is 6.35. The normalized spacial score (nSPS) is 25.8. The fourth-order valence-corrected chi connectivity index (χ4v) is 4.08. The molecule has 1 fully saturated rings. The SMILES string of the molecule is CCC[N+]1(C(=O)C(=O)C(C)(C)CC)CCC(c2ccccc2)C1C(=O)O. The van der Waals surface area contributed by atoms with Crippen LogP contribution in [0.1, 0.15) is 58.4 Å². The van der Waals surface area contributed by atoms with Crippen LogP contribution < -0.4 is 0 Å². The zero-order valence-corrected chi connectivity index (χ0v) is 16.2. The van der Waals surface area contributed by atoms with Gasteiger partial charge in [0.25, 0.3) is 5.78 Å². The highest BCUT2D eigenvalue weighted by Gasteiger charge is 2.59. The first-order valence-electron chi connectivity index (χ1n) is 9.45. The summed E-state index contributed by atoms with van der Waals surface area (Å²) in [4.78, 5) is 38.5. The van der Waals surface area contributed by atoms with Crippen molar-refractivity contribution in [2.75, 3.05) is 13.1 Å². The molecule has 3 unspecified atom stereocenters. The summed E-state index contributed by atoms with van der Waals surface area (Å²) in [5.41, 5.74) is 0.148. The number of nitrogens with zero attached hydrogens (tertiary/aromatic N) is 1. The Morgan fingerprint density at radius 3 is 2.27 bits per heavy atom. The van der Waals surface area contributed by atoms with E-state index in [-0.39, 0.29) is 10.4 Å². The number of Topliss-reactive ketones (excluding diaryl/α,β-unsaturated/α-hetero) is 1. The molecular formula is C21H30NO4+. The summed E-state index contributed by atoms with van der Waals surface area (Å²) < 4.78 is -0.256. The average molecular weight is 360 g/mol. The molecule has 1 aliphatic rings. The molecule has 0 aromatic heterocycles. The lowest BCUT2D eigenvalue weighted by Crippen LogP contribution is -2.63. The van der Waals surface area contributed by atoms with Crippen LogP contribution >= 0.6 is 0 Å². The molecule has 1 heterocycles. The average Bonchev–Trinajstić information content (AvgIpc) is 3.02. The Labute approximate surface area is 155 Å². The van der Waals surface area contributed by atoms with E-state index in [0.29, 0.717) is 32.4 Å². The first-order chi connectivity index (χ1) is 12.2. The highest BCUT2D eigenvalue weighted by Crippen LogP contribution is 2.41. The van der Waals surface area contributed by atoms with Crippen molar-refractivity contribution in [3.63, 3.8) is 0 Å². The molecule has 2 rings (SSSR count). The largest absolute Gasteiger partial charge is 0.477 e. The molecule has 5 heteroatoms. The van der Waals surface area contributed by atoms with Crippen LogP contribution in [0.5, 0.6) is 0 Å². The molecule has 0 bridgehead atoms. The molecule has 0 radical (unpaired) electrons. The molecule has 1 aliphatic heterocycles. The molecule has 1 aromatic rings. The molecule has 0 spiro atoms. The molecule has 1 N–H and O–H groups in total. The van der Waals surface area contributed by atoms with Crippen molar-refractivity contribution in [3.05, 3.63) is 35.9 Å². The maximum absolute atomic E-state index is 13.3. The zero-order chi connectivity index (χ0) is 19.5. The quantitative estimate of drug-likeness (QED) is 0.598. The smallest absolute Gasteiger partial charge is 0.383 e. The van der Waals surface area contributed by atoms with E-state index in [4.69, 9.17) is 0 Å². The second-order valence-electron chi connectivity index (χ2n) is 7.94. The van der Waals surface area contributed by atoms with E-state index in [1.54, 1.807) is 13.8 Å². The van der Waals surface area contributed by atoms with Gasteiger partial charge in [0.1, 0.15) is 0 Å². The Kier molecular flexibility index (Phi) is 6.02. The van der Waals surface area contributed by atoms with Crippen molar-refractivity contribution in [1.29, 1.82) is 0 Å². The summed E-state index contributed by atoms with van der Waals surface area (Å²) >= 11 is 0. The van der Waals surface area contributed by atoms with Crippen molar-refractivity contribution in [2.24, 2.45) is 5.41 Å². The molecule has 0 aliphatic carbocycles. The third kappa shape index (κ3) is 3.45. The summed E-state index contributed by atoms with van der Waals surface area (Å²) in [6.07, 6.45) is 1.78. The monoisotopic (exact) mass is 360 g/mol. The molecule has 1 saturated heterocycles. The van der Waals surface area contributed by atoms with Crippen LogP contribution in [0.3, 0.4) is 0 Å². The highest BCUT2D eigenvalue weighted by atomic mass is 16.4. The van der Waals surface area contributed by atoms with Crippen LogP contribution in [-0.2, 0) is 14.4 Å². The summed E-state index contributed by atoms with van der Waals surface area (Å²) in [5, 5.41) is 10.0. The summed E-state index contributed by atoms with van der Waals surface area (Å²) in [6, 6.07) is 8.56. The summed E-state index contributed by atoms with van der Waals surface area (Å²) in [6.45, 7) is 8.10. The maximum Gasteiger partial charge on any atom is 0.383 e. The fraction of sp³-hybridized carbons (Fsp3) is 0.571. The maximum atomic E-state index is 13.3. The lowest BCUT2D eigenvalue weighted by atomic mass is 9.83. The lowest BCUT2D eigenvalue weighted by Gasteiger charge is -2.37. The molecule has 3 atom stereocenters. The van der Waals surface area contributed by atoms with Crippen molar-refractivity contribution in [3.8, 4) is 0 Å². The van der Waals surface area contributed by atoms with Crippen molar-refractivity contribution >= 4 is 17.7 Å². The van der Waals surface area contributed by atoms with Crippen LogP contribution in [-0.4, -0.2) is 46.4 Å². The number of carbonyl (C=O) groups excluding carboxylic acids is 2. The molecule has 142 valence electrons. The number of likely N-dealkylation sites (tertiary alicyclic amines) is 1. The number of quaternary nitrogens is 1. The van der Waals surface area contributed by atoms with Gasteiger partial charge in [-0.15, -0.1) is 0 Å². The predicted octanol–water partition coefficient (Wildman–Crippen LogP) is 3.39. The second kappa shape index (κ2) is 7.70. The van der Waals surface area contributed by atoms with Crippen LogP contribution in [0, 0.1) is 5.41 Å². The van der Waals surface area contributed by atoms with E-state index >= 15 is 0 Å². The standard InChI is InChI=1S/C21H29NO4/c1-5-13-22(19(24)18(23)21(3,4)6-2)14-12-16(17(22)20(25)26)15-10-8-7-9-11-15/h7-11,16-17H,5-6,12-14H2,1-4H3/p+1. The number of carboxylic acids is 1. The third-order valence-electron chi connectivity index (χ3n) is 5.95. The number of benzene rings is 1. The van der Waals surface area contributed by atoms with Gasteiger partial charge in [0.05, 0.1) is 19.0 Å². The van der Waals surface area contributed by atoms with Gasteiger partial charge >= 0.3 is 11.9 Å². The Hall–Kier alpha value is -2.01. The number of carbonyl (C=O) groups is 3. The fourth-order valence-electron chi connectivity index (χ4n) is 4.08. The van der Waals surface area contributed by atoms with Gasteiger partial charge in [0.15, 0.2) is 0 Å². The lowest BCUT2D eigenvalue weighted by molar-refractivity contribution is -0.855. The van der Waals surface area contributed by atoms with Gasteiger partial charge in [-0.2, -0.15) is 0 Å². The summed E-state index contributed by atoms with van der Waals surface area (Å²) in [5.74, 6) is -2.25. The minimum atomic E-state index is -1.000. The number of ketones is 1. The summed E-state index contributed by atoms with van der Waals surface area (Å²) in [7, 11) is 0. The third-order valence-corrected chi connectivity index (χ3v) is 5.95. The number of hydrogen-bond acceptors (Lipinski definition) is 3. The van der Waals surface area contributed by atoms with Gasteiger partial charge in [0, 0.05) is 11.8 Å². The molecule has 1 amide bonds. The first kappa shape index (κ1) is 20.3. The Balaban J connectivity index is 2.50. The number of amides is 1. The Morgan fingerprint density at radius 1 is 1.15 bits per heavy atom. The van der Waals surface area contributed by atoms with Crippen molar-refractivity contribution in [1.82, 2.24) is 0 Å². The molecule has 1 aromatic carbocycles. The second-order valence-corrected chi connectivity index (χ2v) is 7.94. The number of carboxylic acid groups (broad SMARTS) is 1. The van der Waals surface area contributed by atoms with Gasteiger partial charge in [-0.3, -0.25) is 4.79 Å². The Bertz CT molecular complexity index is 683. The van der Waals surface area contributed by atoms with E-state index in [1.165, 1.54) is 0 Å². The topological polar surface area (TPSA) is 71.4 Å². The van der Waals surface area contributed by atoms with Crippen LogP contribution in [0.25, 0.3) is 0 Å². The molecule has 5 nitrogen and oxygen atoms in total. The molecule has 0 saturated carbocycles. The number of aliphatic carboxylic acids is 1. The first-order valence-corrected chi connectivity index (χ1v) is 9.45. The van der Waals surface area contributed by atoms with Gasteiger partial charge in [0.2, 0.25) is 6.04 Å². The van der Waals surface area contributed by atoms with E-state index in [2.05, 4.69) is 0 Å². The van der Waals surface area contributed by atoms with Crippen LogP contribution in [0.4, 0.5) is 0 Å². The van der Waals surface area contributed by atoms with Gasteiger partial charge in [-0.25, -0.2) is 14.1 Å². The Morgan fingerprint density at radius 2 is 1.77 bits per heavy atom. The predicted molar refractivity (Wildman–Crippen MR) is 99.6 cm³/mol. The van der Waals surface area contributed by atoms with Gasteiger partial charge < -0.3 is 5.11 Å². The number of hydrogen-bond donors (Lipinski definition) is 1. The minimum Gasteiger partial charge on any atom is -0.477 e. The molecule has 26 heavy (non-hydrogen) atoms. The van der Waals surface area contributed by atoms with Crippen molar-refractivity contribution in [2.45, 2.75) is 58.9 Å². The van der Waals surface area contributed by atoms with Crippen molar-refractivity contribution < 1.29 is 24.0 Å². The van der Waals surface area contributed by atoms with E-state index in [0.717, 1.165) is 5.56 Å². The minimum absolute atomic E-state index is 0.256. The van der Waals surface area contributed by atoms with E-state index < -0.39 is 29.1 Å². The van der Waals surface area contributed by atoms with Crippen LogP contribution in [0.2, 0.25) is 0 Å². The number of rotatable bonds is 7. The zero-order valence-electron chi connectivity index (χ0n) is 16.2. The van der Waals surface area contributed by atoms with Gasteiger partial charge in [-0.1, -0.05) is 58.0 Å². The van der Waals surface area contributed by atoms with Crippen LogP contribution in [0.15, 0.2) is 30.3 Å². The van der Waals surface area contributed by atoms with Gasteiger partial charge in [-0.05, 0) is 18.4 Å². The molecular weight excluding hydrogens is 330 g/mol.